The van der Waals surface area contributed by atoms with E-state index in [1.807, 2.05) is 13.8 Å². The van der Waals surface area contributed by atoms with Crippen molar-refractivity contribution in [3.05, 3.63) is 41.9 Å². The van der Waals surface area contributed by atoms with Crippen molar-refractivity contribution in [3.8, 4) is 0 Å². The summed E-state index contributed by atoms with van der Waals surface area (Å²) >= 11 is 8.06. The number of para-hydroxylation sites is 1. The number of halogens is 1. The SMILES string of the molecule is C=CCN(C(=O)C1N([C@@H](CC)CO)C(=O)[C@@H]2[C@@H](C(=O)OCC)[C@@]3(C)CCC12S3)c1ccccc1Cl. The second-order valence-corrected chi connectivity index (χ2v) is 12.0. The van der Waals surface area contributed by atoms with Gasteiger partial charge >= 0.3 is 5.97 Å². The van der Waals surface area contributed by atoms with Gasteiger partial charge in [0.1, 0.15) is 6.04 Å². The van der Waals surface area contributed by atoms with Crippen molar-refractivity contribution in [1.82, 2.24) is 4.90 Å². The third-order valence-electron chi connectivity index (χ3n) is 7.79. The Morgan fingerprint density at radius 1 is 1.37 bits per heavy atom. The number of fused-ring (bicyclic) bond motifs is 1. The molecule has 1 aromatic rings. The van der Waals surface area contributed by atoms with Crippen molar-refractivity contribution in [2.45, 2.75) is 61.6 Å². The zero-order valence-electron chi connectivity index (χ0n) is 20.4. The second kappa shape index (κ2) is 9.79. The molecule has 1 N–H and O–H groups in total. The first-order valence-corrected chi connectivity index (χ1v) is 13.4. The highest BCUT2D eigenvalue weighted by Gasteiger charge is 2.78. The zero-order valence-corrected chi connectivity index (χ0v) is 22.0. The molecule has 3 saturated heterocycles. The van der Waals surface area contributed by atoms with Crippen LogP contribution in [-0.2, 0) is 19.1 Å². The number of likely N-dealkylation sites (tertiary alicyclic amines) is 1. The Labute approximate surface area is 215 Å². The fourth-order valence-corrected chi connectivity index (χ4v) is 8.86. The molecule has 3 aliphatic heterocycles. The van der Waals surface area contributed by atoms with Gasteiger partial charge in [-0.3, -0.25) is 14.4 Å². The van der Waals surface area contributed by atoms with Gasteiger partial charge in [0.25, 0.3) is 5.91 Å². The van der Waals surface area contributed by atoms with Gasteiger partial charge in [-0.15, -0.1) is 18.3 Å². The van der Waals surface area contributed by atoms with Crippen molar-refractivity contribution < 1.29 is 24.2 Å². The third-order valence-corrected chi connectivity index (χ3v) is 10.1. The maximum Gasteiger partial charge on any atom is 0.311 e. The summed E-state index contributed by atoms with van der Waals surface area (Å²) < 4.78 is 4.13. The zero-order chi connectivity index (χ0) is 25.5. The van der Waals surface area contributed by atoms with Crippen LogP contribution in [0.3, 0.4) is 0 Å². The minimum atomic E-state index is -0.848. The van der Waals surface area contributed by atoms with E-state index in [2.05, 4.69) is 6.58 Å². The number of aliphatic hydroxyl groups is 1. The molecule has 2 bridgehead atoms. The Balaban J connectivity index is 1.86. The predicted octanol–water partition coefficient (Wildman–Crippen LogP) is 3.67. The van der Waals surface area contributed by atoms with Crippen molar-refractivity contribution in [1.29, 1.82) is 0 Å². The lowest BCUT2D eigenvalue weighted by Crippen LogP contribution is -2.57. The fraction of sp³-hybridized carbons (Fsp3) is 0.577. The van der Waals surface area contributed by atoms with Gasteiger partial charge in [0.2, 0.25) is 5.91 Å². The molecule has 1 spiro atoms. The molecule has 0 aliphatic carbocycles. The van der Waals surface area contributed by atoms with E-state index in [0.717, 1.165) is 0 Å². The molecule has 7 nitrogen and oxygen atoms in total. The lowest BCUT2D eigenvalue weighted by molar-refractivity contribution is -0.155. The van der Waals surface area contributed by atoms with Crippen molar-refractivity contribution >= 4 is 46.8 Å². The smallest absolute Gasteiger partial charge is 0.311 e. The van der Waals surface area contributed by atoms with Crippen LogP contribution in [0.5, 0.6) is 0 Å². The van der Waals surface area contributed by atoms with E-state index in [1.165, 1.54) is 0 Å². The molecule has 190 valence electrons. The molecular formula is C26H33ClN2O5S. The van der Waals surface area contributed by atoms with E-state index < -0.39 is 33.4 Å². The number of thioether (sulfide) groups is 1. The number of carbonyl (C=O) groups excluding carboxylic acids is 3. The second-order valence-electron chi connectivity index (χ2n) is 9.66. The minimum absolute atomic E-state index is 0.209. The van der Waals surface area contributed by atoms with Gasteiger partial charge in [0, 0.05) is 11.3 Å². The number of hydrogen-bond acceptors (Lipinski definition) is 6. The number of benzene rings is 1. The first-order valence-electron chi connectivity index (χ1n) is 12.2. The predicted molar refractivity (Wildman–Crippen MR) is 137 cm³/mol. The highest BCUT2D eigenvalue weighted by molar-refractivity contribution is 8.02. The minimum Gasteiger partial charge on any atom is -0.466 e. The van der Waals surface area contributed by atoms with E-state index in [-0.39, 0.29) is 37.5 Å². The molecule has 3 aliphatic rings. The summed E-state index contributed by atoms with van der Waals surface area (Å²) in [7, 11) is 0. The lowest BCUT2D eigenvalue weighted by atomic mass is 9.66. The van der Waals surface area contributed by atoms with E-state index in [1.54, 1.807) is 58.8 Å². The first kappa shape index (κ1) is 26.0. The Hall–Kier alpha value is -2.03. The number of amides is 2. The number of nitrogens with zero attached hydrogens (tertiary/aromatic N) is 2. The topological polar surface area (TPSA) is 87.2 Å². The van der Waals surface area contributed by atoms with Crippen LogP contribution in [0.2, 0.25) is 5.02 Å². The average molecular weight is 521 g/mol. The van der Waals surface area contributed by atoms with Gasteiger partial charge in [-0.05, 0) is 45.2 Å². The van der Waals surface area contributed by atoms with Crippen molar-refractivity contribution in [3.63, 3.8) is 0 Å². The molecule has 3 fully saturated rings. The number of aliphatic hydroxyl groups excluding tert-OH is 1. The molecule has 6 atom stereocenters. The standard InChI is InChI=1S/C26H33ClN2O5S/c1-5-14-28(18-11-9-8-10-17(18)27)23(32)21-26-13-12-25(4,35-26)20(24(33)34-7-3)19(26)22(31)29(21)16(6-2)15-30/h5,8-11,16,19-21,30H,1,6-7,12-15H2,2-4H3/t16-,19-,20-,21?,25+,26?/m0/s1. The van der Waals surface area contributed by atoms with E-state index in [9.17, 15) is 19.5 Å². The molecule has 35 heavy (non-hydrogen) atoms. The van der Waals surface area contributed by atoms with Crippen LogP contribution >= 0.6 is 23.4 Å². The van der Waals surface area contributed by atoms with Gasteiger partial charge in [-0.25, -0.2) is 0 Å². The summed E-state index contributed by atoms with van der Waals surface area (Å²) in [4.78, 5) is 44.8. The summed E-state index contributed by atoms with van der Waals surface area (Å²) in [6.07, 6.45) is 3.43. The van der Waals surface area contributed by atoms with Crippen LogP contribution in [0, 0.1) is 11.8 Å². The van der Waals surface area contributed by atoms with Gasteiger partial charge < -0.3 is 19.6 Å². The number of anilines is 1. The Kier molecular flexibility index (Phi) is 7.28. The third kappa shape index (κ3) is 3.89. The summed E-state index contributed by atoms with van der Waals surface area (Å²) in [6.45, 7) is 9.62. The van der Waals surface area contributed by atoms with Gasteiger partial charge in [0.05, 0.1) is 46.5 Å². The summed E-state index contributed by atoms with van der Waals surface area (Å²) in [5.41, 5.74) is 0.536. The fourth-order valence-electron chi connectivity index (χ4n) is 6.29. The van der Waals surface area contributed by atoms with Gasteiger partial charge in [-0.1, -0.05) is 36.7 Å². The summed E-state index contributed by atoms with van der Waals surface area (Å²) in [6, 6.07) is 5.70. The normalized spacial score (nSPS) is 31.9. The molecule has 4 rings (SSSR count). The number of carbonyl (C=O) groups is 3. The van der Waals surface area contributed by atoms with E-state index in [0.29, 0.717) is 30.0 Å². The molecule has 0 saturated carbocycles. The van der Waals surface area contributed by atoms with Crippen LogP contribution in [0.25, 0.3) is 0 Å². The van der Waals surface area contributed by atoms with Gasteiger partial charge in [-0.2, -0.15) is 0 Å². The molecule has 2 amide bonds. The number of rotatable bonds is 9. The average Bonchev–Trinajstić information content (AvgIpc) is 3.40. The summed E-state index contributed by atoms with van der Waals surface area (Å²) in [5, 5.41) is 10.6. The maximum atomic E-state index is 14.4. The monoisotopic (exact) mass is 520 g/mol. The van der Waals surface area contributed by atoms with E-state index >= 15 is 0 Å². The van der Waals surface area contributed by atoms with Crippen molar-refractivity contribution in [2.24, 2.45) is 11.8 Å². The highest BCUT2D eigenvalue weighted by atomic mass is 35.5. The Morgan fingerprint density at radius 2 is 2.09 bits per heavy atom. The van der Waals surface area contributed by atoms with E-state index in [4.69, 9.17) is 16.3 Å². The Morgan fingerprint density at radius 3 is 2.69 bits per heavy atom. The molecule has 2 unspecified atom stereocenters. The highest BCUT2D eigenvalue weighted by Crippen LogP contribution is 2.71. The quantitative estimate of drug-likeness (QED) is 0.395. The number of ether oxygens (including phenoxy) is 1. The molecule has 9 heteroatoms. The van der Waals surface area contributed by atoms with Crippen LogP contribution in [0.4, 0.5) is 5.69 Å². The number of esters is 1. The number of hydrogen-bond donors (Lipinski definition) is 1. The van der Waals surface area contributed by atoms with Crippen LogP contribution in [-0.4, -0.2) is 69.1 Å². The Bertz CT molecular complexity index is 1030. The maximum absolute atomic E-state index is 14.4. The molecular weight excluding hydrogens is 488 g/mol. The lowest BCUT2D eigenvalue weighted by Gasteiger charge is -2.39. The van der Waals surface area contributed by atoms with Crippen molar-refractivity contribution in [2.75, 3.05) is 24.7 Å². The largest absolute Gasteiger partial charge is 0.466 e. The van der Waals surface area contributed by atoms with Crippen LogP contribution < -0.4 is 4.90 Å². The summed E-state index contributed by atoms with van der Waals surface area (Å²) in [5.74, 6) is -2.24. The molecule has 1 aromatic carbocycles. The molecule has 3 heterocycles. The van der Waals surface area contributed by atoms with Crippen LogP contribution in [0.1, 0.15) is 40.0 Å². The van der Waals surface area contributed by atoms with Crippen LogP contribution in [0.15, 0.2) is 36.9 Å². The molecule has 0 aromatic heterocycles. The molecule has 0 radical (unpaired) electrons. The first-order chi connectivity index (χ1) is 16.7. The van der Waals surface area contributed by atoms with Gasteiger partial charge in [0.15, 0.2) is 0 Å².